The lowest BCUT2D eigenvalue weighted by atomic mass is 10.4. The second kappa shape index (κ2) is 4.76. The van der Waals surface area contributed by atoms with Crippen LogP contribution in [0.25, 0.3) is 5.03 Å². The molecule has 1 aromatic rings. The van der Waals surface area contributed by atoms with Crippen molar-refractivity contribution in [2.24, 2.45) is 0 Å². The summed E-state index contributed by atoms with van der Waals surface area (Å²) in [7, 11) is 0. The van der Waals surface area contributed by atoms with Crippen LogP contribution in [0.5, 0.6) is 0 Å². The first-order valence-electron chi connectivity index (χ1n) is 5.28. The molecule has 0 saturated heterocycles. The fourth-order valence-electron chi connectivity index (χ4n) is 1.57. The van der Waals surface area contributed by atoms with Crippen LogP contribution in [0.4, 0.5) is 13.2 Å². The van der Waals surface area contributed by atoms with Gasteiger partial charge in [0.15, 0.2) is 11.5 Å². The van der Waals surface area contributed by atoms with Gasteiger partial charge in [0.2, 0.25) is 0 Å². The first kappa shape index (κ1) is 13.7. The van der Waals surface area contributed by atoms with Gasteiger partial charge < -0.3 is 9.30 Å². The predicted octanol–water partition coefficient (Wildman–Crippen LogP) is 2.39. The van der Waals surface area contributed by atoms with Crippen molar-refractivity contribution in [1.82, 2.24) is 14.5 Å². The number of hydrogen-bond acceptors (Lipinski definition) is 4. The second-order valence-corrected chi connectivity index (χ2v) is 4.10. The van der Waals surface area contributed by atoms with Crippen LogP contribution in [0.2, 0.25) is 0 Å². The molecule has 0 unspecified atom stereocenters. The highest BCUT2D eigenvalue weighted by Crippen LogP contribution is 2.31. The molecule has 9 heteroatoms. The SMILES string of the molecule is CCOC(=O)c1cn2c(n1)C(Cl)=CN(C(F)(F)F)C2. The minimum atomic E-state index is -4.55. The summed E-state index contributed by atoms with van der Waals surface area (Å²) in [5.41, 5.74) is -0.0765. The summed E-state index contributed by atoms with van der Waals surface area (Å²) in [6.07, 6.45) is -2.63. The van der Waals surface area contributed by atoms with Crippen LogP contribution in [-0.4, -0.2) is 33.3 Å². The number of aromatic nitrogens is 2. The van der Waals surface area contributed by atoms with Crippen molar-refractivity contribution in [3.63, 3.8) is 0 Å². The summed E-state index contributed by atoms with van der Waals surface area (Å²) < 4.78 is 43.6. The zero-order valence-corrected chi connectivity index (χ0v) is 10.5. The third-order valence-corrected chi connectivity index (χ3v) is 2.64. The van der Waals surface area contributed by atoms with Gasteiger partial charge in [0.1, 0.15) is 6.67 Å². The first-order valence-corrected chi connectivity index (χ1v) is 5.66. The van der Waals surface area contributed by atoms with Gasteiger partial charge in [0.05, 0.1) is 11.6 Å². The van der Waals surface area contributed by atoms with Gasteiger partial charge in [-0.15, -0.1) is 0 Å². The fraction of sp³-hybridized carbons (Fsp3) is 0.400. The summed E-state index contributed by atoms with van der Waals surface area (Å²) in [6.45, 7) is 1.26. The number of rotatable bonds is 2. The van der Waals surface area contributed by atoms with E-state index in [9.17, 15) is 18.0 Å². The number of esters is 1. The van der Waals surface area contributed by atoms with Crippen LogP contribution >= 0.6 is 11.6 Å². The summed E-state index contributed by atoms with van der Waals surface area (Å²) in [5.74, 6) is -0.599. The van der Waals surface area contributed by atoms with Crippen molar-refractivity contribution in [2.45, 2.75) is 19.9 Å². The van der Waals surface area contributed by atoms with E-state index in [1.54, 1.807) is 6.92 Å². The Morgan fingerprint density at radius 1 is 1.58 bits per heavy atom. The van der Waals surface area contributed by atoms with Crippen LogP contribution in [0.15, 0.2) is 12.4 Å². The van der Waals surface area contributed by atoms with E-state index in [4.69, 9.17) is 16.3 Å². The van der Waals surface area contributed by atoms with Crippen molar-refractivity contribution < 1.29 is 22.7 Å². The monoisotopic (exact) mass is 295 g/mol. The van der Waals surface area contributed by atoms with Gasteiger partial charge in [0.25, 0.3) is 0 Å². The van der Waals surface area contributed by atoms with Crippen LogP contribution in [0, 0.1) is 0 Å². The normalized spacial score (nSPS) is 15.0. The molecule has 19 heavy (non-hydrogen) atoms. The molecule has 0 atom stereocenters. The molecule has 0 aromatic carbocycles. The Labute approximate surface area is 111 Å². The molecule has 2 rings (SSSR count). The number of imidazole rings is 1. The molecule has 0 fully saturated rings. The molecule has 0 amide bonds. The Morgan fingerprint density at radius 3 is 2.84 bits per heavy atom. The molecule has 0 aliphatic carbocycles. The van der Waals surface area contributed by atoms with Gasteiger partial charge in [-0.1, -0.05) is 11.6 Å². The van der Waals surface area contributed by atoms with Crippen LogP contribution < -0.4 is 0 Å². The second-order valence-electron chi connectivity index (χ2n) is 3.70. The first-order chi connectivity index (χ1) is 8.82. The Kier molecular flexibility index (Phi) is 3.44. The number of nitrogens with zero attached hydrogens (tertiary/aromatic N) is 3. The molecule has 0 saturated carbocycles. The number of alkyl halides is 3. The van der Waals surface area contributed by atoms with Gasteiger partial charge >= 0.3 is 12.3 Å². The minimum absolute atomic E-state index is 0.0765. The fourth-order valence-corrected chi connectivity index (χ4v) is 1.84. The molecule has 0 bridgehead atoms. The van der Waals surface area contributed by atoms with E-state index in [1.165, 1.54) is 6.20 Å². The topological polar surface area (TPSA) is 47.4 Å². The minimum Gasteiger partial charge on any atom is -0.461 e. The lowest BCUT2D eigenvalue weighted by Gasteiger charge is -2.27. The van der Waals surface area contributed by atoms with E-state index < -0.39 is 18.9 Å². The Hall–Kier alpha value is -1.70. The number of hydrogen-bond donors (Lipinski definition) is 0. The highest BCUT2D eigenvalue weighted by Gasteiger charge is 2.38. The lowest BCUT2D eigenvalue weighted by Crippen LogP contribution is -2.37. The van der Waals surface area contributed by atoms with Crippen LogP contribution in [-0.2, 0) is 11.4 Å². The molecule has 2 heterocycles. The predicted molar refractivity (Wildman–Crippen MR) is 59.9 cm³/mol. The average molecular weight is 296 g/mol. The van der Waals surface area contributed by atoms with E-state index in [1.807, 2.05) is 0 Å². The molecular weight excluding hydrogens is 287 g/mol. The maximum atomic E-state index is 12.6. The van der Waals surface area contributed by atoms with Crippen molar-refractivity contribution >= 4 is 22.6 Å². The molecule has 1 aliphatic rings. The maximum absolute atomic E-state index is 12.6. The molecular formula is C10H9ClF3N3O2. The molecule has 0 radical (unpaired) electrons. The number of fused-ring (bicyclic) bond motifs is 1. The van der Waals surface area contributed by atoms with Crippen molar-refractivity contribution in [3.8, 4) is 0 Å². The zero-order chi connectivity index (χ0) is 14.2. The van der Waals surface area contributed by atoms with Crippen molar-refractivity contribution in [1.29, 1.82) is 0 Å². The summed E-state index contributed by atoms with van der Waals surface area (Å²) in [6, 6.07) is 0. The molecule has 1 aromatic heterocycles. The Balaban J connectivity index is 2.31. The third-order valence-electron chi connectivity index (χ3n) is 2.37. The molecule has 0 N–H and O–H groups in total. The van der Waals surface area contributed by atoms with E-state index in [0.717, 1.165) is 10.8 Å². The van der Waals surface area contributed by atoms with Crippen molar-refractivity contribution in [2.75, 3.05) is 6.61 Å². The number of carbonyl (C=O) groups is 1. The van der Waals surface area contributed by atoms with Crippen LogP contribution in [0.1, 0.15) is 23.2 Å². The largest absolute Gasteiger partial charge is 0.485 e. The highest BCUT2D eigenvalue weighted by atomic mass is 35.5. The van der Waals surface area contributed by atoms with Gasteiger partial charge in [0, 0.05) is 12.4 Å². The number of ether oxygens (including phenoxy) is 1. The van der Waals surface area contributed by atoms with Crippen molar-refractivity contribution in [3.05, 3.63) is 23.9 Å². The van der Waals surface area contributed by atoms with Gasteiger partial charge in [-0.25, -0.2) is 9.78 Å². The number of halogens is 4. The summed E-state index contributed by atoms with van der Waals surface area (Å²) in [4.78, 5) is 15.4. The van der Waals surface area contributed by atoms with Gasteiger partial charge in [-0.2, -0.15) is 13.2 Å². The highest BCUT2D eigenvalue weighted by molar-refractivity contribution is 6.48. The quantitative estimate of drug-likeness (QED) is 0.621. The van der Waals surface area contributed by atoms with Gasteiger partial charge in [-0.05, 0) is 6.92 Å². The zero-order valence-electron chi connectivity index (χ0n) is 9.74. The van der Waals surface area contributed by atoms with E-state index in [2.05, 4.69) is 4.98 Å². The summed E-state index contributed by atoms with van der Waals surface area (Å²) in [5, 5.41) is -0.195. The molecule has 1 aliphatic heterocycles. The molecule has 5 nitrogen and oxygen atoms in total. The third kappa shape index (κ3) is 2.67. The van der Waals surface area contributed by atoms with Crippen LogP contribution in [0.3, 0.4) is 0 Å². The standard InChI is InChI=1S/C10H9ClF3N3O2/c1-2-19-9(18)7-4-16-5-17(10(12,13)14)3-6(11)8(16)15-7/h3-4H,2,5H2,1H3. The van der Waals surface area contributed by atoms with E-state index in [-0.39, 0.29) is 28.1 Å². The van der Waals surface area contributed by atoms with E-state index >= 15 is 0 Å². The molecule has 0 spiro atoms. The van der Waals surface area contributed by atoms with E-state index in [0.29, 0.717) is 0 Å². The smallest absolute Gasteiger partial charge is 0.461 e. The number of carbonyl (C=O) groups excluding carboxylic acids is 1. The summed E-state index contributed by atoms with van der Waals surface area (Å²) >= 11 is 5.73. The molecule has 104 valence electrons. The van der Waals surface area contributed by atoms with Gasteiger partial charge in [-0.3, -0.25) is 4.90 Å². The maximum Gasteiger partial charge on any atom is 0.485 e. The average Bonchev–Trinajstić information content (AvgIpc) is 2.72. The Morgan fingerprint density at radius 2 is 2.26 bits per heavy atom. The Bertz CT molecular complexity index is 539. The lowest BCUT2D eigenvalue weighted by molar-refractivity contribution is -0.237.